The number of carbonyl (C=O) groups is 1. The predicted octanol–water partition coefficient (Wildman–Crippen LogP) is 4.89. The molecule has 35 heavy (non-hydrogen) atoms. The number of amides is 1. The monoisotopic (exact) mass is 471 g/mol. The van der Waals surface area contributed by atoms with Gasteiger partial charge >= 0.3 is 0 Å². The van der Waals surface area contributed by atoms with Crippen molar-refractivity contribution in [2.75, 3.05) is 21.3 Å². The molecule has 1 aromatic heterocycles. The summed E-state index contributed by atoms with van der Waals surface area (Å²) in [7, 11) is 4.76. The topological polar surface area (TPSA) is 91.8 Å². The Bertz CT molecular complexity index is 1310. The molecule has 0 aliphatic heterocycles. The fourth-order valence-electron chi connectivity index (χ4n) is 3.44. The van der Waals surface area contributed by atoms with Crippen LogP contribution in [0, 0.1) is 0 Å². The van der Waals surface area contributed by atoms with Crippen LogP contribution in [0.5, 0.6) is 28.9 Å². The number of ether oxygens (including phenoxy) is 4. The molecule has 0 fully saturated rings. The normalized spacial score (nSPS) is 10.4. The molecule has 0 radical (unpaired) electrons. The van der Waals surface area contributed by atoms with E-state index in [2.05, 4.69) is 15.3 Å². The molecule has 0 aliphatic rings. The van der Waals surface area contributed by atoms with Gasteiger partial charge in [0.1, 0.15) is 17.8 Å². The molecule has 0 unspecified atom stereocenters. The van der Waals surface area contributed by atoms with E-state index in [9.17, 15) is 4.79 Å². The fraction of sp³-hybridized carbons (Fsp3) is 0.148. The number of benzene rings is 3. The molecular weight excluding hydrogens is 446 g/mol. The van der Waals surface area contributed by atoms with E-state index >= 15 is 0 Å². The van der Waals surface area contributed by atoms with Crippen LogP contribution in [-0.2, 0) is 6.54 Å². The summed E-state index contributed by atoms with van der Waals surface area (Å²) < 4.78 is 21.8. The zero-order chi connectivity index (χ0) is 24.6. The lowest BCUT2D eigenvalue weighted by Crippen LogP contribution is -2.23. The van der Waals surface area contributed by atoms with Crippen molar-refractivity contribution >= 4 is 5.91 Å². The number of hydrogen-bond donors (Lipinski definition) is 1. The molecule has 0 spiro atoms. The number of rotatable bonds is 9. The second-order valence-corrected chi connectivity index (χ2v) is 7.43. The smallest absolute Gasteiger partial charge is 0.251 e. The Balaban J connectivity index is 1.43. The van der Waals surface area contributed by atoms with Crippen molar-refractivity contribution in [1.82, 2.24) is 15.3 Å². The van der Waals surface area contributed by atoms with Gasteiger partial charge in [0, 0.05) is 35.4 Å². The third-order valence-corrected chi connectivity index (χ3v) is 5.30. The van der Waals surface area contributed by atoms with E-state index in [1.807, 2.05) is 42.5 Å². The first-order chi connectivity index (χ1) is 17.1. The average molecular weight is 472 g/mol. The molecule has 0 bridgehead atoms. The van der Waals surface area contributed by atoms with Crippen molar-refractivity contribution in [3.63, 3.8) is 0 Å². The SMILES string of the molecule is COc1ccc(CNC(=O)c2ccc(-c3cc(Oc4ccccc4OC)ncn3)cc2)c(OC)c1. The summed E-state index contributed by atoms with van der Waals surface area (Å²) in [5.74, 6) is 2.69. The first-order valence-corrected chi connectivity index (χ1v) is 10.8. The van der Waals surface area contributed by atoms with Crippen LogP contribution < -0.4 is 24.3 Å². The summed E-state index contributed by atoms with van der Waals surface area (Å²) in [6.07, 6.45) is 1.43. The number of carbonyl (C=O) groups excluding carboxylic acids is 1. The third kappa shape index (κ3) is 5.67. The third-order valence-electron chi connectivity index (χ3n) is 5.30. The van der Waals surface area contributed by atoms with E-state index in [0.717, 1.165) is 11.1 Å². The molecule has 0 aliphatic carbocycles. The summed E-state index contributed by atoms with van der Waals surface area (Å²) in [6.45, 7) is 0.323. The Morgan fingerprint density at radius 1 is 0.800 bits per heavy atom. The van der Waals surface area contributed by atoms with Crippen LogP contribution >= 0.6 is 0 Å². The van der Waals surface area contributed by atoms with Gasteiger partial charge in [-0.3, -0.25) is 4.79 Å². The van der Waals surface area contributed by atoms with Gasteiger partial charge in [0.15, 0.2) is 11.5 Å². The number of para-hydroxylation sites is 2. The zero-order valence-electron chi connectivity index (χ0n) is 19.6. The van der Waals surface area contributed by atoms with Crippen LogP contribution in [-0.4, -0.2) is 37.2 Å². The second-order valence-electron chi connectivity index (χ2n) is 7.43. The number of nitrogens with one attached hydrogen (secondary N) is 1. The van der Waals surface area contributed by atoms with Gasteiger partial charge in [0.2, 0.25) is 5.88 Å². The molecule has 8 nitrogen and oxygen atoms in total. The van der Waals surface area contributed by atoms with E-state index in [0.29, 0.717) is 46.7 Å². The van der Waals surface area contributed by atoms with Crippen LogP contribution in [0.15, 0.2) is 79.1 Å². The van der Waals surface area contributed by atoms with Gasteiger partial charge < -0.3 is 24.3 Å². The predicted molar refractivity (Wildman–Crippen MR) is 131 cm³/mol. The van der Waals surface area contributed by atoms with E-state index in [1.54, 1.807) is 51.7 Å². The highest BCUT2D eigenvalue weighted by atomic mass is 16.5. The van der Waals surface area contributed by atoms with E-state index in [-0.39, 0.29) is 5.91 Å². The zero-order valence-corrected chi connectivity index (χ0v) is 19.6. The maximum atomic E-state index is 12.7. The molecule has 0 saturated carbocycles. The van der Waals surface area contributed by atoms with Gasteiger partial charge in [0.05, 0.1) is 27.0 Å². The van der Waals surface area contributed by atoms with Crippen molar-refractivity contribution in [1.29, 1.82) is 0 Å². The van der Waals surface area contributed by atoms with Gasteiger partial charge in [-0.2, -0.15) is 0 Å². The minimum Gasteiger partial charge on any atom is -0.497 e. The van der Waals surface area contributed by atoms with Crippen LogP contribution in [0.2, 0.25) is 0 Å². The summed E-state index contributed by atoms with van der Waals surface area (Å²) in [6, 6.07) is 21.7. The maximum absolute atomic E-state index is 12.7. The molecular formula is C27H25N3O5. The standard InChI is InChI=1S/C27H25N3O5/c1-32-21-13-12-20(25(14-21)34-3)16-28-27(31)19-10-8-18(9-11-19)22-15-26(30-17-29-22)35-24-7-5-4-6-23(24)33-2/h4-15,17H,16H2,1-3H3,(H,28,31). The second kappa shape index (κ2) is 11.0. The number of nitrogens with zero attached hydrogens (tertiary/aromatic N) is 2. The van der Waals surface area contributed by atoms with Crippen molar-refractivity contribution in [2.24, 2.45) is 0 Å². The van der Waals surface area contributed by atoms with Gasteiger partial charge in [0.25, 0.3) is 5.91 Å². The highest BCUT2D eigenvalue weighted by Gasteiger charge is 2.11. The Hall–Kier alpha value is -4.59. The lowest BCUT2D eigenvalue weighted by atomic mass is 10.1. The Kier molecular flexibility index (Phi) is 7.42. The quantitative estimate of drug-likeness (QED) is 0.372. The molecule has 4 aromatic rings. The molecule has 0 atom stereocenters. The molecule has 178 valence electrons. The van der Waals surface area contributed by atoms with Crippen molar-refractivity contribution in [3.05, 3.63) is 90.3 Å². The summed E-state index contributed by atoms with van der Waals surface area (Å²) in [5.41, 5.74) is 2.87. The molecule has 8 heteroatoms. The van der Waals surface area contributed by atoms with Gasteiger partial charge in [-0.05, 0) is 36.4 Å². The van der Waals surface area contributed by atoms with Crippen molar-refractivity contribution in [2.45, 2.75) is 6.54 Å². The highest BCUT2D eigenvalue weighted by molar-refractivity contribution is 5.94. The highest BCUT2D eigenvalue weighted by Crippen LogP contribution is 2.31. The lowest BCUT2D eigenvalue weighted by Gasteiger charge is -2.12. The molecule has 1 N–H and O–H groups in total. The molecule has 1 heterocycles. The number of aromatic nitrogens is 2. The van der Waals surface area contributed by atoms with E-state index in [4.69, 9.17) is 18.9 Å². The van der Waals surface area contributed by atoms with E-state index < -0.39 is 0 Å². The fourth-order valence-corrected chi connectivity index (χ4v) is 3.44. The number of methoxy groups -OCH3 is 3. The average Bonchev–Trinajstić information content (AvgIpc) is 2.92. The van der Waals surface area contributed by atoms with Crippen LogP contribution in [0.4, 0.5) is 0 Å². The van der Waals surface area contributed by atoms with Gasteiger partial charge in [-0.1, -0.05) is 24.3 Å². The van der Waals surface area contributed by atoms with Gasteiger partial charge in [-0.25, -0.2) is 9.97 Å². The van der Waals surface area contributed by atoms with Crippen molar-refractivity contribution in [3.8, 4) is 40.1 Å². The Morgan fingerprint density at radius 3 is 2.26 bits per heavy atom. The molecule has 0 saturated heterocycles. The molecule has 3 aromatic carbocycles. The van der Waals surface area contributed by atoms with Gasteiger partial charge in [-0.15, -0.1) is 0 Å². The van der Waals surface area contributed by atoms with Crippen LogP contribution in [0.1, 0.15) is 15.9 Å². The summed E-state index contributed by atoms with van der Waals surface area (Å²) >= 11 is 0. The minimum absolute atomic E-state index is 0.197. The summed E-state index contributed by atoms with van der Waals surface area (Å²) in [4.78, 5) is 21.2. The first kappa shape index (κ1) is 23.6. The van der Waals surface area contributed by atoms with E-state index in [1.165, 1.54) is 6.33 Å². The first-order valence-electron chi connectivity index (χ1n) is 10.8. The van der Waals surface area contributed by atoms with Crippen molar-refractivity contribution < 1.29 is 23.7 Å². The molecule has 1 amide bonds. The van der Waals surface area contributed by atoms with Crippen LogP contribution in [0.3, 0.4) is 0 Å². The largest absolute Gasteiger partial charge is 0.497 e. The Labute approximate surface area is 203 Å². The van der Waals surface area contributed by atoms with Crippen LogP contribution in [0.25, 0.3) is 11.3 Å². The Morgan fingerprint density at radius 2 is 1.54 bits per heavy atom. The number of hydrogen-bond acceptors (Lipinski definition) is 7. The lowest BCUT2D eigenvalue weighted by molar-refractivity contribution is 0.0950. The summed E-state index contributed by atoms with van der Waals surface area (Å²) in [5, 5.41) is 2.92. The molecule has 4 rings (SSSR count). The minimum atomic E-state index is -0.197. The maximum Gasteiger partial charge on any atom is 0.251 e.